The van der Waals surface area contributed by atoms with Crippen molar-refractivity contribution in [3.63, 3.8) is 0 Å². The molecule has 0 saturated heterocycles. The van der Waals surface area contributed by atoms with E-state index in [0.29, 0.717) is 28.1 Å². The summed E-state index contributed by atoms with van der Waals surface area (Å²) in [6, 6.07) is 13.0. The van der Waals surface area contributed by atoms with Gasteiger partial charge in [-0.05, 0) is 56.4 Å². The number of aryl methyl sites for hydroxylation is 2. The Morgan fingerprint density at radius 1 is 1.00 bits per heavy atom. The fourth-order valence-electron chi connectivity index (χ4n) is 2.57. The third-order valence-corrected chi connectivity index (χ3v) is 3.89. The Morgan fingerprint density at radius 3 is 1.91 bits per heavy atom. The van der Waals surface area contributed by atoms with Crippen LogP contribution in [0.5, 0.6) is 0 Å². The first-order chi connectivity index (χ1) is 15.8. The fraction of sp³-hybridized carbons (Fsp3) is 0.379. The van der Waals surface area contributed by atoms with Crippen LogP contribution in [0.2, 0.25) is 0 Å². The van der Waals surface area contributed by atoms with Crippen LogP contribution in [0.15, 0.2) is 71.5 Å². The molecule has 0 aromatic heterocycles. The smallest absolute Gasteiger partial charge is 0.354 e. The summed E-state index contributed by atoms with van der Waals surface area (Å²) in [5, 5.41) is 3.28. The SMILES string of the molecule is C=C(Nc1ccccc1C)/C(=C/C)N=C(C)c1c(C)cccc1F.CC.CC(C)(C)C.O=C=O. The highest BCUT2D eigenvalue weighted by Crippen LogP contribution is 2.21. The van der Waals surface area contributed by atoms with Crippen molar-refractivity contribution < 1.29 is 14.0 Å². The Kier molecular flexibility index (Phi) is 16.6. The number of hydrogen-bond donors (Lipinski definition) is 1. The van der Waals surface area contributed by atoms with E-state index in [2.05, 4.69) is 44.6 Å². The average Bonchev–Trinajstić information content (AvgIpc) is 2.74. The van der Waals surface area contributed by atoms with Gasteiger partial charge in [-0.2, -0.15) is 9.59 Å². The number of benzene rings is 2. The van der Waals surface area contributed by atoms with Gasteiger partial charge in [-0.15, -0.1) is 0 Å². The van der Waals surface area contributed by atoms with Gasteiger partial charge in [0.15, 0.2) is 0 Å². The summed E-state index contributed by atoms with van der Waals surface area (Å²) in [6.07, 6.45) is 2.12. The minimum absolute atomic E-state index is 0.250. The van der Waals surface area contributed by atoms with Gasteiger partial charge < -0.3 is 5.32 Å². The molecule has 186 valence electrons. The predicted octanol–water partition coefficient (Wildman–Crippen LogP) is 8.28. The molecule has 1 N–H and O–H groups in total. The molecule has 0 amide bonds. The molecule has 0 aliphatic heterocycles. The fourth-order valence-corrected chi connectivity index (χ4v) is 2.57. The molecule has 0 heterocycles. The Hall–Kier alpha value is -3.30. The first-order valence-corrected chi connectivity index (χ1v) is 11.3. The van der Waals surface area contributed by atoms with E-state index >= 15 is 0 Å². The van der Waals surface area contributed by atoms with Crippen LogP contribution in [0.1, 0.15) is 72.1 Å². The van der Waals surface area contributed by atoms with Crippen LogP contribution >= 0.6 is 0 Å². The number of hydrogen-bond acceptors (Lipinski definition) is 4. The van der Waals surface area contributed by atoms with Gasteiger partial charge in [-0.1, -0.05) is 84.5 Å². The van der Waals surface area contributed by atoms with Gasteiger partial charge in [0.25, 0.3) is 0 Å². The highest BCUT2D eigenvalue weighted by molar-refractivity contribution is 6.01. The highest BCUT2D eigenvalue weighted by atomic mass is 19.1. The number of carbonyl (C=O) groups excluding carboxylic acids is 2. The van der Waals surface area contributed by atoms with Crippen LogP contribution in [-0.2, 0) is 9.59 Å². The Labute approximate surface area is 205 Å². The summed E-state index contributed by atoms with van der Waals surface area (Å²) in [4.78, 5) is 20.8. The summed E-state index contributed by atoms with van der Waals surface area (Å²) in [6.45, 7) is 24.4. The zero-order valence-electron chi connectivity index (χ0n) is 22.5. The summed E-state index contributed by atoms with van der Waals surface area (Å²) in [5.41, 5.74) is 6.02. The van der Waals surface area contributed by atoms with E-state index in [1.54, 1.807) is 6.07 Å². The summed E-state index contributed by atoms with van der Waals surface area (Å²) in [7, 11) is 0. The van der Waals surface area contributed by atoms with Crippen molar-refractivity contribution in [2.75, 3.05) is 5.32 Å². The van der Waals surface area contributed by atoms with E-state index in [4.69, 9.17) is 9.59 Å². The molecule has 5 heteroatoms. The normalized spacial score (nSPS) is 10.8. The maximum absolute atomic E-state index is 14.1. The van der Waals surface area contributed by atoms with Crippen LogP contribution in [0, 0.1) is 25.1 Å². The largest absolute Gasteiger partial charge is 0.373 e. The zero-order valence-corrected chi connectivity index (χ0v) is 22.5. The van der Waals surface area contributed by atoms with E-state index in [-0.39, 0.29) is 12.0 Å². The van der Waals surface area contributed by atoms with Crippen molar-refractivity contribution in [3.8, 4) is 0 Å². The Bertz CT molecular complexity index is 967. The van der Waals surface area contributed by atoms with Crippen LogP contribution in [0.25, 0.3) is 0 Å². The molecule has 34 heavy (non-hydrogen) atoms. The second-order valence-electron chi connectivity index (χ2n) is 8.80. The number of allylic oxidation sites excluding steroid dienone is 1. The Morgan fingerprint density at radius 2 is 1.47 bits per heavy atom. The summed E-state index contributed by atoms with van der Waals surface area (Å²) in [5.74, 6) is -0.260. The molecule has 4 nitrogen and oxygen atoms in total. The molecule has 2 aromatic carbocycles. The monoisotopic (exact) mass is 468 g/mol. The molecule has 0 spiro atoms. The highest BCUT2D eigenvalue weighted by Gasteiger charge is 2.10. The minimum atomic E-state index is -0.260. The number of nitrogens with zero attached hydrogens (tertiary/aromatic N) is 1. The number of para-hydroxylation sites is 1. The van der Waals surface area contributed by atoms with E-state index in [9.17, 15) is 4.39 Å². The zero-order chi connectivity index (χ0) is 26.9. The summed E-state index contributed by atoms with van der Waals surface area (Å²) >= 11 is 0. The molecule has 0 atom stereocenters. The molecule has 2 rings (SSSR count). The van der Waals surface area contributed by atoms with E-state index in [1.807, 2.05) is 78.0 Å². The van der Waals surface area contributed by atoms with Crippen LogP contribution in [-0.4, -0.2) is 11.9 Å². The van der Waals surface area contributed by atoms with E-state index in [1.165, 1.54) is 6.07 Å². The lowest BCUT2D eigenvalue weighted by Crippen LogP contribution is -2.06. The van der Waals surface area contributed by atoms with Gasteiger partial charge in [0.1, 0.15) is 5.82 Å². The lowest BCUT2D eigenvalue weighted by atomic mass is 10.0. The first-order valence-electron chi connectivity index (χ1n) is 11.3. The number of rotatable bonds is 5. The van der Waals surface area contributed by atoms with Crippen molar-refractivity contribution in [3.05, 3.63) is 89.0 Å². The lowest BCUT2D eigenvalue weighted by molar-refractivity contribution is -0.191. The quantitative estimate of drug-likeness (QED) is 0.355. The lowest BCUT2D eigenvalue weighted by Gasteiger charge is -2.14. The first kappa shape index (κ1) is 32.9. The number of aliphatic imine (C=N–C) groups is 1. The van der Waals surface area contributed by atoms with Crippen LogP contribution in [0.4, 0.5) is 10.1 Å². The second kappa shape index (κ2) is 17.2. The van der Waals surface area contributed by atoms with Crippen molar-refractivity contribution >= 4 is 17.6 Å². The molecule has 0 bridgehead atoms. The predicted molar refractivity (Wildman–Crippen MR) is 143 cm³/mol. The topological polar surface area (TPSA) is 58.5 Å². The Balaban J connectivity index is 0. The van der Waals surface area contributed by atoms with Gasteiger partial charge in [-0.25, -0.2) is 4.39 Å². The van der Waals surface area contributed by atoms with Gasteiger partial charge in [0.05, 0.1) is 11.4 Å². The number of anilines is 1. The van der Waals surface area contributed by atoms with E-state index < -0.39 is 0 Å². The molecule has 0 radical (unpaired) electrons. The van der Waals surface area contributed by atoms with Crippen molar-refractivity contribution in [2.45, 2.75) is 69.2 Å². The van der Waals surface area contributed by atoms with E-state index in [0.717, 1.165) is 16.8 Å². The summed E-state index contributed by atoms with van der Waals surface area (Å²) < 4.78 is 14.1. The van der Waals surface area contributed by atoms with Crippen LogP contribution < -0.4 is 5.32 Å². The van der Waals surface area contributed by atoms with Crippen molar-refractivity contribution in [1.82, 2.24) is 0 Å². The van der Waals surface area contributed by atoms with Crippen molar-refractivity contribution in [2.24, 2.45) is 10.4 Å². The minimum Gasteiger partial charge on any atom is -0.354 e. The molecule has 0 aliphatic carbocycles. The molecule has 0 aliphatic rings. The third kappa shape index (κ3) is 14.0. The number of halogens is 1. The molecular weight excluding hydrogens is 427 g/mol. The molecule has 2 aromatic rings. The van der Waals surface area contributed by atoms with Gasteiger partial charge >= 0.3 is 6.15 Å². The third-order valence-electron chi connectivity index (χ3n) is 3.89. The molecule has 0 saturated carbocycles. The van der Waals surface area contributed by atoms with Crippen molar-refractivity contribution in [1.29, 1.82) is 0 Å². The average molecular weight is 469 g/mol. The maximum Gasteiger partial charge on any atom is 0.373 e. The second-order valence-corrected chi connectivity index (χ2v) is 8.80. The standard InChI is InChI=1S/C21H23FN2.C5H12.C2H6.CO2/c1-6-19(16(4)23-20-13-8-7-10-14(20)2)24-17(5)21-15(3)11-9-12-18(21)22;1-5(2,3)4;1-2;2-1-3/h6-13,23H,4H2,1-3,5H3;1-4H3;1-2H3;/b19-6-,24-17?;;;. The van der Waals surface area contributed by atoms with Gasteiger partial charge in [0.2, 0.25) is 0 Å². The molecule has 0 fully saturated rings. The number of nitrogens with one attached hydrogen (secondary N) is 1. The van der Waals surface area contributed by atoms with Gasteiger partial charge in [-0.3, -0.25) is 4.99 Å². The molecule has 0 unspecified atom stereocenters. The van der Waals surface area contributed by atoms with Crippen LogP contribution in [0.3, 0.4) is 0 Å². The maximum atomic E-state index is 14.1. The molecular formula is C29H41FN2O2. The van der Waals surface area contributed by atoms with Gasteiger partial charge in [0, 0.05) is 17.0 Å².